The molecule has 0 aliphatic heterocycles. The number of carbonyl (C=O) groups excluding carboxylic acids is 1. The quantitative estimate of drug-likeness (QED) is 0.610. The number of nitriles is 1. The van der Waals surface area contributed by atoms with Gasteiger partial charge >= 0.3 is 0 Å². The van der Waals surface area contributed by atoms with E-state index in [-0.39, 0.29) is 11.5 Å². The van der Waals surface area contributed by atoms with Gasteiger partial charge in [0.2, 0.25) is 0 Å². The number of fused-ring (bicyclic) bond motifs is 1. The molecule has 2 aromatic rings. The maximum Gasteiger partial charge on any atom is 0.182 e. The van der Waals surface area contributed by atoms with Crippen molar-refractivity contribution in [2.75, 3.05) is 0 Å². The van der Waals surface area contributed by atoms with E-state index in [2.05, 4.69) is 16.3 Å². The molecule has 0 fully saturated rings. The summed E-state index contributed by atoms with van der Waals surface area (Å²) >= 11 is 0. The highest BCUT2D eigenvalue weighted by Gasteiger charge is 2.09. The Morgan fingerprint density at radius 1 is 1.71 bits per heavy atom. The second kappa shape index (κ2) is 2.92. The SMILES string of the molecule is CC(=O)c1cn[c]n2cc(C#N)nc12. The Balaban J connectivity index is 2.81. The zero-order valence-corrected chi connectivity index (χ0v) is 7.35. The van der Waals surface area contributed by atoms with Crippen molar-refractivity contribution in [1.82, 2.24) is 14.4 Å². The number of Topliss-reactive ketones (excluding diaryl/α,β-unsaturated/α-hetero) is 1. The van der Waals surface area contributed by atoms with E-state index >= 15 is 0 Å². The minimum Gasteiger partial charge on any atom is -0.294 e. The van der Waals surface area contributed by atoms with Gasteiger partial charge in [-0.25, -0.2) is 9.97 Å². The van der Waals surface area contributed by atoms with Crippen molar-refractivity contribution < 1.29 is 4.79 Å². The molecule has 67 valence electrons. The molecule has 0 aromatic carbocycles. The number of ketones is 1. The molecule has 0 unspecified atom stereocenters. The molecule has 2 rings (SSSR count). The monoisotopic (exact) mass is 185 g/mol. The van der Waals surface area contributed by atoms with E-state index in [9.17, 15) is 4.79 Å². The minimum absolute atomic E-state index is 0.133. The Hall–Kier alpha value is -2.22. The predicted octanol–water partition coefficient (Wildman–Crippen LogP) is 0.604. The highest BCUT2D eigenvalue weighted by Crippen LogP contribution is 2.09. The molecule has 0 saturated carbocycles. The first-order valence-electron chi connectivity index (χ1n) is 3.89. The number of aromatic nitrogens is 3. The molecule has 14 heavy (non-hydrogen) atoms. The molecule has 5 nitrogen and oxygen atoms in total. The number of nitrogens with zero attached hydrogens (tertiary/aromatic N) is 4. The molecule has 2 heterocycles. The number of carbonyl (C=O) groups is 1. The lowest BCUT2D eigenvalue weighted by Gasteiger charge is -1.95. The van der Waals surface area contributed by atoms with Gasteiger partial charge in [0.25, 0.3) is 0 Å². The molecule has 0 aliphatic rings. The molecule has 5 heteroatoms. The molecular formula is C9H5N4O. The Morgan fingerprint density at radius 3 is 3.14 bits per heavy atom. The third-order valence-electron chi connectivity index (χ3n) is 1.80. The highest BCUT2D eigenvalue weighted by atomic mass is 16.1. The van der Waals surface area contributed by atoms with Gasteiger partial charge in [0.15, 0.2) is 23.5 Å². The van der Waals surface area contributed by atoms with E-state index in [1.54, 1.807) is 0 Å². The van der Waals surface area contributed by atoms with Crippen LogP contribution in [0.3, 0.4) is 0 Å². The fraction of sp³-hybridized carbons (Fsp3) is 0.111. The Morgan fingerprint density at radius 2 is 2.50 bits per heavy atom. The lowest BCUT2D eigenvalue weighted by atomic mass is 10.2. The molecule has 0 saturated heterocycles. The van der Waals surface area contributed by atoms with Crippen LogP contribution < -0.4 is 0 Å². The third kappa shape index (κ3) is 1.13. The molecule has 0 amide bonds. The third-order valence-corrected chi connectivity index (χ3v) is 1.80. The lowest BCUT2D eigenvalue weighted by molar-refractivity contribution is 0.101. The fourth-order valence-electron chi connectivity index (χ4n) is 1.16. The summed E-state index contributed by atoms with van der Waals surface area (Å²) in [6.45, 7) is 1.43. The Bertz CT molecular complexity index is 549. The van der Waals surface area contributed by atoms with Crippen LogP contribution in [0.2, 0.25) is 0 Å². The molecule has 0 atom stereocenters. The van der Waals surface area contributed by atoms with Crippen LogP contribution in [-0.4, -0.2) is 20.2 Å². The van der Waals surface area contributed by atoms with Gasteiger partial charge in [-0.15, -0.1) is 0 Å². The summed E-state index contributed by atoms with van der Waals surface area (Å²) < 4.78 is 1.44. The summed E-state index contributed by atoms with van der Waals surface area (Å²) in [6.07, 6.45) is 5.48. The normalized spacial score (nSPS) is 10.0. The Labute approximate surface area is 79.6 Å². The zero-order chi connectivity index (χ0) is 10.1. The van der Waals surface area contributed by atoms with Gasteiger partial charge < -0.3 is 0 Å². The Kier molecular flexibility index (Phi) is 1.75. The number of hydrogen-bond acceptors (Lipinski definition) is 4. The van der Waals surface area contributed by atoms with Crippen molar-refractivity contribution >= 4 is 11.4 Å². The zero-order valence-electron chi connectivity index (χ0n) is 7.35. The summed E-state index contributed by atoms with van der Waals surface area (Å²) in [5.74, 6) is -0.133. The largest absolute Gasteiger partial charge is 0.294 e. The van der Waals surface area contributed by atoms with Crippen molar-refractivity contribution in [3.05, 3.63) is 30.0 Å². The van der Waals surface area contributed by atoms with Crippen LogP contribution in [-0.2, 0) is 0 Å². The average molecular weight is 185 g/mol. The topological polar surface area (TPSA) is 71.1 Å². The van der Waals surface area contributed by atoms with Crippen molar-refractivity contribution in [3.63, 3.8) is 0 Å². The first-order chi connectivity index (χ1) is 6.72. The maximum absolute atomic E-state index is 11.2. The van der Waals surface area contributed by atoms with Crippen molar-refractivity contribution in [2.45, 2.75) is 6.92 Å². The van der Waals surface area contributed by atoms with Crippen LogP contribution >= 0.6 is 0 Å². The van der Waals surface area contributed by atoms with Gasteiger partial charge in [-0.2, -0.15) is 5.26 Å². The first-order valence-corrected chi connectivity index (χ1v) is 3.89. The van der Waals surface area contributed by atoms with Crippen molar-refractivity contribution in [2.24, 2.45) is 0 Å². The molecule has 0 aliphatic carbocycles. The van der Waals surface area contributed by atoms with Crippen LogP contribution in [0.25, 0.3) is 5.65 Å². The second-order valence-corrected chi connectivity index (χ2v) is 2.76. The van der Waals surface area contributed by atoms with Gasteiger partial charge in [-0.1, -0.05) is 0 Å². The molecule has 0 spiro atoms. The summed E-state index contributed by atoms with van der Waals surface area (Å²) in [7, 11) is 0. The van der Waals surface area contributed by atoms with Gasteiger partial charge in [0.1, 0.15) is 6.07 Å². The van der Waals surface area contributed by atoms with Gasteiger partial charge in [0.05, 0.1) is 5.56 Å². The highest BCUT2D eigenvalue weighted by molar-refractivity contribution is 5.99. The van der Waals surface area contributed by atoms with Crippen molar-refractivity contribution in [1.29, 1.82) is 5.26 Å². The predicted molar refractivity (Wildman–Crippen MR) is 46.5 cm³/mol. The smallest absolute Gasteiger partial charge is 0.182 e. The molecular weight excluding hydrogens is 180 g/mol. The molecule has 1 radical (unpaired) electrons. The fourth-order valence-corrected chi connectivity index (χ4v) is 1.16. The average Bonchev–Trinajstić information content (AvgIpc) is 2.59. The summed E-state index contributed by atoms with van der Waals surface area (Å²) in [4.78, 5) is 18.9. The van der Waals surface area contributed by atoms with E-state index in [1.165, 1.54) is 23.7 Å². The molecule has 0 bridgehead atoms. The second-order valence-electron chi connectivity index (χ2n) is 2.76. The number of imidazole rings is 1. The standard InChI is InChI=1S/C9H5N4O/c1-6(14)8-3-11-5-13-4-7(2-10)12-9(8)13/h3-4H,1H3. The number of hydrogen-bond donors (Lipinski definition) is 0. The van der Waals surface area contributed by atoms with E-state index in [0.717, 1.165) is 0 Å². The first kappa shape index (κ1) is 8.38. The van der Waals surface area contributed by atoms with Crippen LogP contribution in [0, 0.1) is 17.7 Å². The van der Waals surface area contributed by atoms with Crippen molar-refractivity contribution in [3.8, 4) is 6.07 Å². The molecule has 0 N–H and O–H groups in total. The lowest BCUT2D eigenvalue weighted by Crippen LogP contribution is -1.98. The molecule has 2 aromatic heterocycles. The van der Waals surface area contributed by atoms with E-state index in [0.29, 0.717) is 11.2 Å². The van der Waals surface area contributed by atoms with E-state index < -0.39 is 0 Å². The van der Waals surface area contributed by atoms with Crippen LogP contribution in [0.1, 0.15) is 23.0 Å². The van der Waals surface area contributed by atoms with E-state index in [1.807, 2.05) is 6.07 Å². The van der Waals surface area contributed by atoms with Gasteiger partial charge in [0, 0.05) is 12.4 Å². The van der Waals surface area contributed by atoms with E-state index in [4.69, 9.17) is 5.26 Å². The summed E-state index contributed by atoms with van der Waals surface area (Å²) in [5.41, 5.74) is 1.06. The van der Waals surface area contributed by atoms with Gasteiger partial charge in [-0.05, 0) is 6.92 Å². The minimum atomic E-state index is -0.133. The number of rotatable bonds is 1. The summed E-state index contributed by atoms with van der Waals surface area (Å²) in [5, 5.41) is 8.62. The van der Waals surface area contributed by atoms with Crippen LogP contribution in [0.15, 0.2) is 12.4 Å². The maximum atomic E-state index is 11.2. The van der Waals surface area contributed by atoms with Gasteiger partial charge in [-0.3, -0.25) is 9.20 Å². The summed E-state index contributed by atoms with van der Waals surface area (Å²) in [6, 6.07) is 1.89. The van der Waals surface area contributed by atoms with Crippen LogP contribution in [0.4, 0.5) is 0 Å². The van der Waals surface area contributed by atoms with Crippen LogP contribution in [0.5, 0.6) is 0 Å².